The molecule has 0 saturated heterocycles. The molecule has 0 radical (unpaired) electrons. The standard InChI is InChI=1S/C23H24FN7O2S/c1-23(2,3)20-26-11-17(34-20)29-22(33)28-16-9-12(6-7-15(16)24)14-8-13-10-27-21(25-4)30-18(13)31(5)19(14)32/h6-11H,1-5H3,(H,25,27,30)(H2,28,29,33). The van der Waals surface area contributed by atoms with E-state index in [9.17, 15) is 14.0 Å². The summed E-state index contributed by atoms with van der Waals surface area (Å²) in [5, 5.41) is 10.1. The van der Waals surface area contributed by atoms with Gasteiger partial charge in [-0.25, -0.2) is 19.2 Å². The number of anilines is 3. The summed E-state index contributed by atoms with van der Waals surface area (Å²) in [6, 6.07) is 5.16. The highest BCUT2D eigenvalue weighted by Crippen LogP contribution is 2.30. The minimum absolute atomic E-state index is 0.0560. The van der Waals surface area contributed by atoms with E-state index in [2.05, 4.69) is 30.9 Å². The molecule has 9 nitrogen and oxygen atoms in total. The highest BCUT2D eigenvalue weighted by Gasteiger charge is 2.19. The summed E-state index contributed by atoms with van der Waals surface area (Å²) < 4.78 is 15.9. The molecule has 0 aliphatic rings. The van der Waals surface area contributed by atoms with Crippen LogP contribution in [0.25, 0.3) is 22.2 Å². The first-order chi connectivity index (χ1) is 16.1. The molecule has 4 aromatic rings. The Bertz CT molecular complexity index is 1460. The number of carbonyl (C=O) groups is 1. The Hall–Kier alpha value is -3.86. The summed E-state index contributed by atoms with van der Waals surface area (Å²) in [5.41, 5.74) is 0.732. The Morgan fingerprint density at radius 2 is 1.88 bits per heavy atom. The van der Waals surface area contributed by atoms with Crippen LogP contribution >= 0.6 is 11.3 Å². The molecular formula is C23H24FN7O2S. The van der Waals surface area contributed by atoms with Gasteiger partial charge in [-0.15, -0.1) is 11.3 Å². The van der Waals surface area contributed by atoms with Crippen LogP contribution in [0.2, 0.25) is 0 Å². The van der Waals surface area contributed by atoms with Crippen LogP contribution in [-0.2, 0) is 12.5 Å². The highest BCUT2D eigenvalue weighted by molar-refractivity contribution is 7.16. The topological polar surface area (TPSA) is 114 Å². The highest BCUT2D eigenvalue weighted by atomic mass is 32.1. The molecule has 3 aromatic heterocycles. The van der Waals surface area contributed by atoms with Gasteiger partial charge in [-0.1, -0.05) is 26.8 Å². The fraction of sp³-hybridized carbons (Fsp3) is 0.261. The van der Waals surface area contributed by atoms with Gasteiger partial charge in [0.1, 0.15) is 16.5 Å². The number of nitrogens with zero attached hydrogens (tertiary/aromatic N) is 4. The van der Waals surface area contributed by atoms with Gasteiger partial charge in [0.05, 0.1) is 16.9 Å². The van der Waals surface area contributed by atoms with Gasteiger partial charge in [0.15, 0.2) is 0 Å². The van der Waals surface area contributed by atoms with E-state index in [0.717, 1.165) is 5.01 Å². The van der Waals surface area contributed by atoms with Gasteiger partial charge in [-0.2, -0.15) is 4.98 Å². The number of aryl methyl sites for hydroxylation is 1. The number of fused-ring (bicyclic) bond motifs is 1. The van der Waals surface area contributed by atoms with E-state index in [1.165, 1.54) is 34.1 Å². The van der Waals surface area contributed by atoms with Gasteiger partial charge in [-0.3, -0.25) is 14.7 Å². The lowest BCUT2D eigenvalue weighted by Crippen LogP contribution is -2.21. The predicted octanol–water partition coefficient (Wildman–Crippen LogP) is 4.57. The second kappa shape index (κ2) is 8.82. The van der Waals surface area contributed by atoms with Gasteiger partial charge in [0.25, 0.3) is 5.56 Å². The third-order valence-electron chi connectivity index (χ3n) is 5.08. The Morgan fingerprint density at radius 1 is 1.12 bits per heavy atom. The van der Waals surface area contributed by atoms with Crippen molar-refractivity contribution in [1.29, 1.82) is 0 Å². The number of benzene rings is 1. The van der Waals surface area contributed by atoms with Crippen LogP contribution in [0.1, 0.15) is 25.8 Å². The lowest BCUT2D eigenvalue weighted by molar-refractivity contribution is 0.262. The van der Waals surface area contributed by atoms with Crippen molar-refractivity contribution in [1.82, 2.24) is 19.5 Å². The number of urea groups is 1. The van der Waals surface area contributed by atoms with Gasteiger partial charge in [-0.05, 0) is 23.8 Å². The summed E-state index contributed by atoms with van der Waals surface area (Å²) in [6.07, 6.45) is 3.17. The minimum atomic E-state index is -0.627. The van der Waals surface area contributed by atoms with Crippen molar-refractivity contribution in [2.75, 3.05) is 23.0 Å². The van der Waals surface area contributed by atoms with E-state index in [-0.39, 0.29) is 16.7 Å². The lowest BCUT2D eigenvalue weighted by atomic mass is 9.98. The number of thiazole rings is 1. The van der Waals surface area contributed by atoms with Crippen molar-refractivity contribution >= 4 is 45.0 Å². The number of hydrogen-bond acceptors (Lipinski definition) is 7. The number of carbonyl (C=O) groups excluding carboxylic acids is 1. The third-order valence-corrected chi connectivity index (χ3v) is 6.42. The molecule has 0 atom stereocenters. The van der Waals surface area contributed by atoms with Crippen molar-refractivity contribution in [2.24, 2.45) is 7.05 Å². The number of rotatable bonds is 4. The Labute approximate surface area is 199 Å². The molecule has 0 aliphatic carbocycles. The van der Waals surface area contributed by atoms with Crippen molar-refractivity contribution in [2.45, 2.75) is 26.2 Å². The first kappa shape index (κ1) is 23.3. The quantitative estimate of drug-likeness (QED) is 0.393. The molecule has 34 heavy (non-hydrogen) atoms. The first-order valence-corrected chi connectivity index (χ1v) is 11.3. The monoisotopic (exact) mass is 481 g/mol. The molecule has 1 aromatic carbocycles. The van der Waals surface area contributed by atoms with E-state index < -0.39 is 11.8 Å². The first-order valence-electron chi connectivity index (χ1n) is 10.5. The van der Waals surface area contributed by atoms with Crippen LogP contribution in [0.3, 0.4) is 0 Å². The second-order valence-corrected chi connectivity index (χ2v) is 9.73. The van der Waals surface area contributed by atoms with Crippen LogP contribution in [0, 0.1) is 5.82 Å². The molecule has 4 rings (SSSR count). The molecule has 11 heteroatoms. The molecular weight excluding hydrogens is 457 g/mol. The van der Waals surface area contributed by atoms with Gasteiger partial charge >= 0.3 is 6.03 Å². The van der Waals surface area contributed by atoms with Crippen LogP contribution in [0.4, 0.5) is 25.8 Å². The SMILES string of the molecule is CNc1ncc2cc(-c3ccc(F)c(NC(=O)Nc4cnc(C(C)(C)C)s4)c3)c(=O)n(C)c2n1. The van der Waals surface area contributed by atoms with Crippen LogP contribution < -0.4 is 21.5 Å². The molecule has 0 fully saturated rings. The van der Waals surface area contributed by atoms with Crippen LogP contribution in [0.15, 0.2) is 41.5 Å². The molecule has 3 N–H and O–H groups in total. The van der Waals surface area contributed by atoms with Crippen molar-refractivity contribution in [3.05, 3.63) is 57.8 Å². The maximum absolute atomic E-state index is 14.5. The molecule has 3 heterocycles. The number of halogens is 1. The summed E-state index contributed by atoms with van der Waals surface area (Å²) in [6.45, 7) is 6.08. The van der Waals surface area contributed by atoms with Crippen LogP contribution in [-0.4, -0.2) is 32.6 Å². The smallest absolute Gasteiger partial charge is 0.324 e. The second-order valence-electron chi connectivity index (χ2n) is 8.70. The van der Waals surface area contributed by atoms with Gasteiger partial charge in [0, 0.05) is 36.7 Å². The normalized spacial score (nSPS) is 11.5. The number of nitrogens with one attached hydrogen (secondary N) is 3. The summed E-state index contributed by atoms with van der Waals surface area (Å²) >= 11 is 1.35. The summed E-state index contributed by atoms with van der Waals surface area (Å²) in [4.78, 5) is 38.4. The zero-order valence-electron chi connectivity index (χ0n) is 19.4. The molecule has 176 valence electrons. The average molecular weight is 482 g/mol. The molecule has 2 amide bonds. The van der Waals surface area contributed by atoms with Crippen molar-refractivity contribution in [3.63, 3.8) is 0 Å². The van der Waals surface area contributed by atoms with E-state index >= 15 is 0 Å². The molecule has 0 saturated carbocycles. The number of amides is 2. The summed E-state index contributed by atoms with van der Waals surface area (Å²) in [7, 11) is 3.30. The zero-order chi connectivity index (χ0) is 24.6. The number of aromatic nitrogens is 4. The maximum atomic E-state index is 14.5. The fourth-order valence-electron chi connectivity index (χ4n) is 3.31. The Balaban J connectivity index is 1.63. The molecule has 0 unspecified atom stereocenters. The largest absolute Gasteiger partial charge is 0.357 e. The number of hydrogen-bond donors (Lipinski definition) is 3. The van der Waals surface area contributed by atoms with Crippen molar-refractivity contribution in [3.8, 4) is 11.1 Å². The van der Waals surface area contributed by atoms with E-state index in [4.69, 9.17) is 0 Å². The maximum Gasteiger partial charge on any atom is 0.324 e. The number of pyridine rings is 1. The molecule has 0 aliphatic heterocycles. The van der Waals surface area contributed by atoms with Crippen LogP contribution in [0.5, 0.6) is 0 Å². The predicted molar refractivity (Wildman–Crippen MR) is 133 cm³/mol. The fourth-order valence-corrected chi connectivity index (χ4v) is 4.18. The van der Waals surface area contributed by atoms with Gasteiger partial charge in [0.2, 0.25) is 5.95 Å². The lowest BCUT2D eigenvalue weighted by Gasteiger charge is -2.13. The van der Waals surface area contributed by atoms with Gasteiger partial charge < -0.3 is 10.6 Å². The van der Waals surface area contributed by atoms with E-state index in [1.807, 2.05) is 20.8 Å². The zero-order valence-corrected chi connectivity index (χ0v) is 20.2. The average Bonchev–Trinajstić information content (AvgIpc) is 3.26. The van der Waals surface area contributed by atoms with E-state index in [0.29, 0.717) is 33.1 Å². The molecule has 0 spiro atoms. The Morgan fingerprint density at radius 3 is 2.56 bits per heavy atom. The van der Waals surface area contributed by atoms with Crippen molar-refractivity contribution < 1.29 is 9.18 Å². The molecule has 0 bridgehead atoms. The third kappa shape index (κ3) is 4.60. The summed E-state index contributed by atoms with van der Waals surface area (Å²) in [5.74, 6) is -0.233. The minimum Gasteiger partial charge on any atom is -0.357 e. The Kier molecular flexibility index (Phi) is 6.05. The van der Waals surface area contributed by atoms with E-state index in [1.54, 1.807) is 32.6 Å².